The molecule has 0 saturated heterocycles. The van der Waals surface area contributed by atoms with Crippen molar-refractivity contribution in [1.82, 2.24) is 4.98 Å². The summed E-state index contributed by atoms with van der Waals surface area (Å²) in [5.74, 6) is 1.70. The van der Waals surface area contributed by atoms with Crippen LogP contribution in [0.25, 0.3) is 0 Å². The Morgan fingerprint density at radius 3 is 2.83 bits per heavy atom. The van der Waals surface area contributed by atoms with E-state index >= 15 is 0 Å². The maximum Gasteiger partial charge on any atom is 0.387 e. The molecule has 2 aromatic rings. The van der Waals surface area contributed by atoms with Crippen LogP contribution in [0, 0.1) is 0 Å². The predicted octanol–water partition coefficient (Wildman–Crippen LogP) is 4.23. The van der Waals surface area contributed by atoms with E-state index in [0.29, 0.717) is 33.8 Å². The Morgan fingerprint density at radius 2 is 2.17 bits per heavy atom. The lowest BCUT2D eigenvalue weighted by molar-refractivity contribution is -0.0497. The SMILES string of the molecule is COc1c(Cl)ccnc1CSCNc1ccc(OC(F)F)cc1N. The third-order valence-electron chi connectivity index (χ3n) is 2.99. The number of nitrogens with one attached hydrogen (secondary N) is 1. The third-order valence-corrected chi connectivity index (χ3v) is 4.11. The molecule has 0 bridgehead atoms. The highest BCUT2D eigenvalue weighted by molar-refractivity contribution is 7.98. The van der Waals surface area contributed by atoms with Gasteiger partial charge in [0.2, 0.25) is 0 Å². The number of methoxy groups -OCH3 is 1. The van der Waals surface area contributed by atoms with Crippen molar-refractivity contribution in [3.05, 3.63) is 41.2 Å². The van der Waals surface area contributed by atoms with Gasteiger partial charge in [-0.3, -0.25) is 4.98 Å². The van der Waals surface area contributed by atoms with Gasteiger partial charge in [0, 0.05) is 18.0 Å². The van der Waals surface area contributed by atoms with E-state index in [1.165, 1.54) is 12.1 Å². The zero-order valence-electron chi connectivity index (χ0n) is 12.8. The van der Waals surface area contributed by atoms with Gasteiger partial charge in [0.15, 0.2) is 5.75 Å². The molecule has 3 N–H and O–H groups in total. The second kappa shape index (κ2) is 8.79. The molecule has 0 atom stereocenters. The van der Waals surface area contributed by atoms with Gasteiger partial charge in [0.25, 0.3) is 0 Å². The highest BCUT2D eigenvalue weighted by atomic mass is 35.5. The van der Waals surface area contributed by atoms with Crippen LogP contribution in [0.3, 0.4) is 0 Å². The Bertz CT molecular complexity index is 692. The van der Waals surface area contributed by atoms with E-state index in [4.69, 9.17) is 22.1 Å². The van der Waals surface area contributed by atoms with Crippen molar-refractivity contribution >= 4 is 34.7 Å². The topological polar surface area (TPSA) is 69.4 Å². The lowest BCUT2D eigenvalue weighted by Gasteiger charge is -2.12. The van der Waals surface area contributed by atoms with Crippen LogP contribution >= 0.6 is 23.4 Å². The molecule has 130 valence electrons. The summed E-state index contributed by atoms with van der Waals surface area (Å²) in [7, 11) is 1.54. The van der Waals surface area contributed by atoms with Gasteiger partial charge in [0.1, 0.15) is 5.75 Å². The summed E-state index contributed by atoms with van der Waals surface area (Å²) < 4.78 is 33.8. The first-order valence-corrected chi connectivity index (χ1v) is 8.38. The summed E-state index contributed by atoms with van der Waals surface area (Å²) in [6.45, 7) is -2.88. The summed E-state index contributed by atoms with van der Waals surface area (Å²) in [4.78, 5) is 4.24. The van der Waals surface area contributed by atoms with E-state index < -0.39 is 6.61 Å². The number of pyridine rings is 1. The molecule has 1 heterocycles. The first kappa shape index (κ1) is 18.4. The molecule has 0 aliphatic heterocycles. The Morgan fingerprint density at radius 1 is 1.38 bits per heavy atom. The quantitative estimate of drug-likeness (QED) is 0.409. The van der Waals surface area contributed by atoms with Crippen molar-refractivity contribution in [3.8, 4) is 11.5 Å². The van der Waals surface area contributed by atoms with Gasteiger partial charge in [-0.25, -0.2) is 0 Å². The molecule has 0 fully saturated rings. The number of halogens is 3. The Kier molecular flexibility index (Phi) is 6.74. The van der Waals surface area contributed by atoms with Crippen molar-refractivity contribution in [2.45, 2.75) is 12.4 Å². The fourth-order valence-corrected chi connectivity index (χ4v) is 2.94. The van der Waals surface area contributed by atoms with Gasteiger partial charge in [-0.05, 0) is 18.2 Å². The van der Waals surface area contributed by atoms with Crippen LogP contribution < -0.4 is 20.5 Å². The van der Waals surface area contributed by atoms with Crippen molar-refractivity contribution in [2.75, 3.05) is 24.0 Å². The maximum absolute atomic E-state index is 12.1. The van der Waals surface area contributed by atoms with Crippen LogP contribution in [-0.2, 0) is 5.75 Å². The molecule has 5 nitrogen and oxygen atoms in total. The molecule has 2 rings (SSSR count). The highest BCUT2D eigenvalue weighted by Gasteiger charge is 2.09. The lowest BCUT2D eigenvalue weighted by atomic mass is 10.2. The number of nitrogen functional groups attached to an aromatic ring is 1. The number of hydrogen-bond acceptors (Lipinski definition) is 6. The summed E-state index contributed by atoms with van der Waals surface area (Å²) in [6, 6.07) is 6.03. The minimum atomic E-state index is -2.88. The zero-order valence-corrected chi connectivity index (χ0v) is 14.3. The van der Waals surface area contributed by atoms with Crippen LogP contribution in [0.5, 0.6) is 11.5 Å². The Balaban J connectivity index is 1.88. The van der Waals surface area contributed by atoms with E-state index in [-0.39, 0.29) is 5.75 Å². The number of aromatic nitrogens is 1. The molecule has 1 aromatic heterocycles. The highest BCUT2D eigenvalue weighted by Crippen LogP contribution is 2.30. The molecule has 1 aromatic carbocycles. The molecule has 0 aliphatic rings. The largest absolute Gasteiger partial charge is 0.493 e. The summed E-state index contributed by atoms with van der Waals surface area (Å²) in [5.41, 5.74) is 7.51. The molecule has 0 unspecified atom stereocenters. The van der Waals surface area contributed by atoms with Crippen molar-refractivity contribution in [1.29, 1.82) is 0 Å². The Hall–Kier alpha value is -1.93. The smallest absolute Gasteiger partial charge is 0.387 e. The normalized spacial score (nSPS) is 10.7. The van der Waals surface area contributed by atoms with Crippen molar-refractivity contribution in [2.24, 2.45) is 0 Å². The van der Waals surface area contributed by atoms with Crippen LogP contribution in [0.15, 0.2) is 30.5 Å². The van der Waals surface area contributed by atoms with Gasteiger partial charge in [-0.15, -0.1) is 11.8 Å². The molecular weight excluding hydrogens is 360 g/mol. The summed E-state index contributed by atoms with van der Waals surface area (Å²) in [6.07, 6.45) is 1.62. The molecule has 0 aliphatic carbocycles. The minimum absolute atomic E-state index is 0.0218. The maximum atomic E-state index is 12.1. The summed E-state index contributed by atoms with van der Waals surface area (Å²) in [5, 5.41) is 3.62. The van der Waals surface area contributed by atoms with Gasteiger partial charge < -0.3 is 20.5 Å². The average molecular weight is 376 g/mol. The molecule has 0 saturated carbocycles. The minimum Gasteiger partial charge on any atom is -0.493 e. The van der Waals surface area contributed by atoms with Crippen LogP contribution in [0.1, 0.15) is 5.69 Å². The van der Waals surface area contributed by atoms with Gasteiger partial charge >= 0.3 is 6.61 Å². The predicted molar refractivity (Wildman–Crippen MR) is 93.1 cm³/mol. The molecule has 0 amide bonds. The molecule has 24 heavy (non-hydrogen) atoms. The zero-order chi connectivity index (χ0) is 17.5. The van der Waals surface area contributed by atoms with E-state index in [9.17, 15) is 8.78 Å². The van der Waals surface area contributed by atoms with Crippen LogP contribution in [0.2, 0.25) is 5.02 Å². The Labute approximate surface area is 147 Å². The van der Waals surface area contributed by atoms with Gasteiger partial charge in [0.05, 0.1) is 35.1 Å². The first-order valence-electron chi connectivity index (χ1n) is 6.84. The number of nitrogens with zero attached hydrogens (tertiary/aromatic N) is 1. The fraction of sp³-hybridized carbons (Fsp3) is 0.267. The number of hydrogen-bond donors (Lipinski definition) is 2. The standard InChI is InChI=1S/C15H16ClF2N3O2S/c1-22-14-10(16)4-5-20-13(14)7-24-8-21-12-3-2-9(6-11(12)19)23-15(17)18/h2-6,15,21H,7-8,19H2,1H3. The second-order valence-electron chi connectivity index (χ2n) is 4.57. The number of ether oxygens (including phenoxy) is 2. The average Bonchev–Trinajstić information content (AvgIpc) is 2.52. The lowest BCUT2D eigenvalue weighted by Crippen LogP contribution is -2.05. The van der Waals surface area contributed by atoms with E-state index in [1.807, 2.05) is 0 Å². The van der Waals surface area contributed by atoms with Crippen LogP contribution in [0.4, 0.5) is 20.2 Å². The third kappa shape index (κ3) is 5.04. The molecule has 9 heteroatoms. The fourth-order valence-electron chi connectivity index (χ4n) is 1.94. The number of alkyl halides is 2. The monoisotopic (exact) mass is 375 g/mol. The number of benzene rings is 1. The first-order chi connectivity index (χ1) is 11.5. The molecule has 0 radical (unpaired) electrons. The number of rotatable bonds is 8. The second-order valence-corrected chi connectivity index (χ2v) is 5.96. The van der Waals surface area contributed by atoms with E-state index in [1.54, 1.807) is 37.2 Å². The number of thioether (sulfide) groups is 1. The van der Waals surface area contributed by atoms with Crippen molar-refractivity contribution < 1.29 is 18.3 Å². The van der Waals surface area contributed by atoms with E-state index in [2.05, 4.69) is 15.0 Å². The van der Waals surface area contributed by atoms with Crippen LogP contribution in [-0.4, -0.2) is 24.6 Å². The van der Waals surface area contributed by atoms with Gasteiger partial charge in [-0.1, -0.05) is 11.6 Å². The molecule has 0 spiro atoms. The van der Waals surface area contributed by atoms with Gasteiger partial charge in [-0.2, -0.15) is 8.78 Å². The van der Waals surface area contributed by atoms with E-state index in [0.717, 1.165) is 5.69 Å². The summed E-state index contributed by atoms with van der Waals surface area (Å²) >= 11 is 7.58. The van der Waals surface area contributed by atoms with Crippen molar-refractivity contribution in [3.63, 3.8) is 0 Å². The number of nitrogens with two attached hydrogens (primary N) is 1. The molecular formula is C15H16ClF2N3O2S. The number of anilines is 2.